The molecular formula is C18H34BOS. The van der Waals surface area contributed by atoms with E-state index in [4.69, 9.17) is 1.43 Å². The quantitative estimate of drug-likeness (QED) is 0.686. The fourth-order valence-corrected chi connectivity index (χ4v) is 2.90. The molecule has 0 aromatic carbocycles. The second-order valence-corrected chi connectivity index (χ2v) is 7.43. The summed E-state index contributed by atoms with van der Waals surface area (Å²) in [7, 11) is 2.43. The van der Waals surface area contributed by atoms with Crippen LogP contribution in [0.4, 0.5) is 0 Å². The van der Waals surface area contributed by atoms with Crippen LogP contribution in [-0.4, -0.2) is 20.4 Å². The van der Waals surface area contributed by atoms with Gasteiger partial charge in [-0.15, -0.1) is 0 Å². The van der Waals surface area contributed by atoms with Gasteiger partial charge in [-0.25, -0.2) is 0 Å². The summed E-state index contributed by atoms with van der Waals surface area (Å²) in [6.07, 6.45) is 5.08. The highest BCUT2D eigenvalue weighted by molar-refractivity contribution is 7.07. The maximum Gasteiger partial charge on any atom is 0.210 e. The monoisotopic (exact) mass is 310 g/mol. The van der Waals surface area contributed by atoms with Crippen molar-refractivity contribution in [3.05, 3.63) is 22.9 Å². The van der Waals surface area contributed by atoms with Gasteiger partial charge in [-0.1, -0.05) is 78.2 Å². The first-order valence-electron chi connectivity index (χ1n) is 8.82. The molecule has 1 aromatic heterocycles. The van der Waals surface area contributed by atoms with Gasteiger partial charge >= 0.3 is 0 Å². The molecule has 121 valence electrons. The molecule has 1 aromatic rings. The van der Waals surface area contributed by atoms with E-state index < -0.39 is 0 Å². The smallest absolute Gasteiger partial charge is 0.210 e. The third kappa shape index (κ3) is 11.0. The molecule has 3 atom stereocenters. The van der Waals surface area contributed by atoms with Crippen LogP contribution in [0.15, 0.2) is 22.9 Å². The largest absolute Gasteiger partial charge is 0.396 e. The van der Waals surface area contributed by atoms with Crippen LogP contribution in [0.25, 0.3) is 0 Å². The molecule has 3 unspecified atom stereocenters. The van der Waals surface area contributed by atoms with Gasteiger partial charge < -0.3 is 5.11 Å². The summed E-state index contributed by atoms with van der Waals surface area (Å²) in [6.45, 7) is 11.6. The van der Waals surface area contributed by atoms with E-state index in [9.17, 15) is 0 Å². The Morgan fingerprint density at radius 1 is 1.33 bits per heavy atom. The van der Waals surface area contributed by atoms with Crippen LogP contribution in [-0.2, 0) is 0 Å². The lowest BCUT2D eigenvalue weighted by Crippen LogP contribution is -2.14. The normalized spacial score (nSPS) is 24.3. The van der Waals surface area contributed by atoms with Crippen molar-refractivity contribution in [2.75, 3.05) is 6.61 Å². The average molecular weight is 310 g/mol. The minimum atomic E-state index is 0.601. The topological polar surface area (TPSA) is 20.2 Å². The van der Waals surface area contributed by atoms with Crippen molar-refractivity contribution in [2.45, 2.75) is 66.0 Å². The fourth-order valence-electron chi connectivity index (χ4n) is 2.45. The number of aliphatic hydroxyl groups is 1. The first-order valence-corrected chi connectivity index (χ1v) is 9.35. The molecule has 1 N–H and O–H groups in total. The van der Waals surface area contributed by atoms with Crippen molar-refractivity contribution >= 4 is 18.6 Å². The van der Waals surface area contributed by atoms with Gasteiger partial charge in [0.25, 0.3) is 0 Å². The van der Waals surface area contributed by atoms with Crippen molar-refractivity contribution in [1.29, 1.82) is 1.43 Å². The number of thiophene rings is 1. The number of unbranched alkanes of at least 4 members (excludes halogenated alkanes) is 1. The summed E-state index contributed by atoms with van der Waals surface area (Å²) in [5, 5.41) is 8.62. The van der Waals surface area contributed by atoms with Crippen molar-refractivity contribution < 1.29 is 5.11 Å². The van der Waals surface area contributed by atoms with E-state index in [1.165, 1.54) is 25.6 Å². The molecule has 0 amide bonds. The molecule has 0 saturated carbocycles. The van der Waals surface area contributed by atoms with Gasteiger partial charge in [0.15, 0.2) is 0 Å². The molecule has 3 heteroatoms. The summed E-state index contributed by atoms with van der Waals surface area (Å²) in [4.78, 5) is 0. The predicted octanol–water partition coefficient (Wildman–Crippen LogP) is 5.76. The summed E-state index contributed by atoms with van der Waals surface area (Å²) in [6, 6.07) is 4.04. The maximum atomic E-state index is 6.81. The van der Waals surface area contributed by atoms with Gasteiger partial charge in [0.2, 0.25) is 1.43 Å². The van der Waals surface area contributed by atoms with Crippen LogP contribution < -0.4 is 0 Å². The first-order chi connectivity index (χ1) is 10.5. The Morgan fingerprint density at radius 2 is 1.95 bits per heavy atom. The molecule has 0 spiro atoms. The molecule has 0 aliphatic carbocycles. The van der Waals surface area contributed by atoms with Crippen molar-refractivity contribution in [3.63, 3.8) is 0 Å². The van der Waals surface area contributed by atoms with Crippen molar-refractivity contribution in [2.24, 2.45) is 17.8 Å². The molecule has 2 heterocycles. The lowest BCUT2D eigenvalue weighted by Gasteiger charge is -2.20. The first kappa shape index (κ1) is 18.8. The summed E-state index contributed by atoms with van der Waals surface area (Å²) in [5.41, 5.74) is 0. The molecule has 1 fully saturated rings. The molecular weight excluding hydrogens is 275 g/mol. The second kappa shape index (κ2) is 13.4. The third-order valence-corrected chi connectivity index (χ3v) is 4.23. The third-order valence-electron chi connectivity index (χ3n) is 3.60. The molecule has 1 radical (unpaired) electrons. The zero-order chi connectivity index (χ0) is 16.8. The summed E-state index contributed by atoms with van der Waals surface area (Å²) >= 11 is 1.71. The fraction of sp³-hybridized carbons (Fsp3) is 0.778. The van der Waals surface area contributed by atoms with Gasteiger partial charge in [-0.05, 0) is 28.5 Å². The lowest BCUT2D eigenvalue weighted by atomic mass is 9.63. The Hall–Kier alpha value is -0.275. The molecule has 21 heavy (non-hydrogen) atoms. The lowest BCUT2D eigenvalue weighted by molar-refractivity contribution is 0.189. The maximum absolute atomic E-state index is 6.81. The Labute approximate surface area is 138 Å². The van der Waals surface area contributed by atoms with E-state index in [0.717, 1.165) is 5.92 Å². The van der Waals surface area contributed by atoms with Gasteiger partial charge in [0.1, 0.15) is 7.28 Å². The van der Waals surface area contributed by atoms with E-state index in [2.05, 4.69) is 47.0 Å². The van der Waals surface area contributed by atoms with Crippen molar-refractivity contribution in [1.82, 2.24) is 0 Å². The van der Waals surface area contributed by atoms with Gasteiger partial charge in [-0.3, -0.25) is 0 Å². The SMILES string of the molecule is CC(C)C.[2H]OCC1C(C)C[B]C1CCCC.c1ccsc1. The number of hydrogen-bond donors (Lipinski definition) is 1. The van der Waals surface area contributed by atoms with Crippen LogP contribution in [0, 0.1) is 17.8 Å². The highest BCUT2D eigenvalue weighted by Crippen LogP contribution is 2.39. The highest BCUT2D eigenvalue weighted by Gasteiger charge is 2.32. The van der Waals surface area contributed by atoms with E-state index in [1.54, 1.807) is 11.3 Å². The van der Waals surface area contributed by atoms with E-state index in [0.29, 0.717) is 24.3 Å². The minimum absolute atomic E-state index is 0.601. The minimum Gasteiger partial charge on any atom is -0.396 e. The average Bonchev–Trinajstić information content (AvgIpc) is 3.12. The van der Waals surface area contributed by atoms with Crippen LogP contribution in [0.3, 0.4) is 0 Å². The predicted molar refractivity (Wildman–Crippen MR) is 98.4 cm³/mol. The van der Waals surface area contributed by atoms with Gasteiger partial charge in [-0.2, -0.15) is 11.3 Å². The molecule has 0 bridgehead atoms. The van der Waals surface area contributed by atoms with Gasteiger partial charge in [0, 0.05) is 6.61 Å². The summed E-state index contributed by atoms with van der Waals surface area (Å²) in [5.74, 6) is 2.86. The summed E-state index contributed by atoms with van der Waals surface area (Å²) < 4.78 is 6.81. The van der Waals surface area contributed by atoms with Crippen LogP contribution >= 0.6 is 11.3 Å². The number of rotatable bonds is 5. The van der Waals surface area contributed by atoms with Crippen LogP contribution in [0.2, 0.25) is 12.1 Å². The zero-order valence-electron chi connectivity index (χ0n) is 15.5. The molecule has 2 rings (SSSR count). The Morgan fingerprint density at radius 3 is 2.38 bits per heavy atom. The Bertz CT molecular complexity index is 299. The Kier molecular flexibility index (Phi) is 12.0. The number of aliphatic hydroxyl groups excluding tert-OH is 1. The number of hydrogen-bond acceptors (Lipinski definition) is 2. The Balaban J connectivity index is 0.000000400. The molecule has 1 nitrogen and oxygen atoms in total. The van der Waals surface area contributed by atoms with E-state index >= 15 is 0 Å². The van der Waals surface area contributed by atoms with E-state index in [1.807, 2.05) is 22.9 Å². The standard InChI is InChI=1S/C10H20BO.C4H4S.C4H10/c1-3-4-5-10-9(7-12)8(2)6-11-10;1-2-4-5-3-1;1-4(2)3/h8-10,12H,3-7H2,1-2H3;1-4H;4H,1-3H3/i12D;;. The highest BCUT2D eigenvalue weighted by atomic mass is 32.1. The van der Waals surface area contributed by atoms with Crippen LogP contribution in [0.5, 0.6) is 0 Å². The zero-order valence-corrected chi connectivity index (χ0v) is 15.4. The van der Waals surface area contributed by atoms with Crippen molar-refractivity contribution in [3.8, 4) is 0 Å². The van der Waals surface area contributed by atoms with Crippen LogP contribution in [0.1, 0.15) is 53.9 Å². The van der Waals surface area contributed by atoms with Gasteiger partial charge in [0.05, 0.1) is 0 Å². The molecule has 1 aliphatic rings. The van der Waals surface area contributed by atoms with E-state index in [-0.39, 0.29) is 0 Å². The molecule has 1 saturated heterocycles. The second-order valence-electron chi connectivity index (χ2n) is 6.61. The molecule has 1 aliphatic heterocycles.